The predicted molar refractivity (Wildman–Crippen MR) is 105 cm³/mol. The van der Waals surface area contributed by atoms with Crippen molar-refractivity contribution in [2.24, 2.45) is 0 Å². The van der Waals surface area contributed by atoms with E-state index in [1.807, 2.05) is 6.92 Å². The smallest absolute Gasteiger partial charge is 0.339 e. The van der Waals surface area contributed by atoms with E-state index in [-0.39, 0.29) is 17.2 Å². The Labute approximate surface area is 158 Å². The van der Waals surface area contributed by atoms with Crippen LogP contribution in [0.5, 0.6) is 0 Å². The molecule has 0 spiro atoms. The van der Waals surface area contributed by atoms with Gasteiger partial charge in [-0.25, -0.2) is 9.59 Å². The third-order valence-corrected chi connectivity index (χ3v) is 4.74. The summed E-state index contributed by atoms with van der Waals surface area (Å²) in [5.41, 5.74) is 0.126. The zero-order chi connectivity index (χ0) is 19.2. The van der Waals surface area contributed by atoms with E-state index in [1.54, 1.807) is 12.1 Å². The van der Waals surface area contributed by atoms with E-state index in [2.05, 4.69) is 6.92 Å². The quantitative estimate of drug-likeness (QED) is 0.314. The van der Waals surface area contributed by atoms with Crippen molar-refractivity contribution < 1.29 is 19.4 Å². The molecular formula is C22H34O4. The second-order valence-electron chi connectivity index (χ2n) is 6.90. The average molecular weight is 363 g/mol. The third kappa shape index (κ3) is 8.50. The number of aromatic carboxylic acids is 1. The van der Waals surface area contributed by atoms with Gasteiger partial charge in [-0.15, -0.1) is 0 Å². The average Bonchev–Trinajstić information content (AvgIpc) is 2.65. The number of carbonyl (C=O) groups excluding carboxylic acids is 1. The molecule has 0 aliphatic heterocycles. The minimum Gasteiger partial charge on any atom is -0.478 e. The van der Waals surface area contributed by atoms with Crippen molar-refractivity contribution in [1.29, 1.82) is 0 Å². The van der Waals surface area contributed by atoms with Gasteiger partial charge in [0.2, 0.25) is 0 Å². The summed E-state index contributed by atoms with van der Waals surface area (Å²) >= 11 is 0. The van der Waals surface area contributed by atoms with Crippen molar-refractivity contribution in [1.82, 2.24) is 0 Å². The highest BCUT2D eigenvalue weighted by molar-refractivity contribution is 6.02. The summed E-state index contributed by atoms with van der Waals surface area (Å²) in [6, 6.07) is 6.21. The van der Waals surface area contributed by atoms with Gasteiger partial charge in [-0.1, -0.05) is 77.3 Å². The maximum atomic E-state index is 12.3. The van der Waals surface area contributed by atoms with Gasteiger partial charge in [0, 0.05) is 0 Å². The van der Waals surface area contributed by atoms with Crippen LogP contribution in [0.4, 0.5) is 0 Å². The Kier molecular flexibility index (Phi) is 11.4. The van der Waals surface area contributed by atoms with Crippen LogP contribution < -0.4 is 0 Å². The molecule has 0 aliphatic carbocycles. The first-order chi connectivity index (χ1) is 12.6. The second kappa shape index (κ2) is 13.4. The topological polar surface area (TPSA) is 63.6 Å². The second-order valence-corrected chi connectivity index (χ2v) is 6.90. The first-order valence-electron chi connectivity index (χ1n) is 10.1. The monoisotopic (exact) mass is 362 g/mol. The van der Waals surface area contributed by atoms with Crippen molar-refractivity contribution in [3.63, 3.8) is 0 Å². The fourth-order valence-electron chi connectivity index (χ4n) is 3.09. The molecule has 0 radical (unpaired) electrons. The zero-order valence-corrected chi connectivity index (χ0v) is 16.3. The van der Waals surface area contributed by atoms with Gasteiger partial charge < -0.3 is 9.84 Å². The lowest BCUT2D eigenvalue weighted by Crippen LogP contribution is -2.19. The summed E-state index contributed by atoms with van der Waals surface area (Å²) in [4.78, 5) is 23.5. The number of unbranched alkanes of at least 4 members (excludes halogenated alkanes) is 8. The molecule has 0 fully saturated rings. The van der Waals surface area contributed by atoms with Crippen molar-refractivity contribution in [2.75, 3.05) is 0 Å². The molecule has 1 aromatic rings. The Morgan fingerprint density at radius 3 is 1.96 bits per heavy atom. The molecule has 4 heteroatoms. The first kappa shape index (κ1) is 22.2. The van der Waals surface area contributed by atoms with Crippen molar-refractivity contribution in [3.05, 3.63) is 35.4 Å². The van der Waals surface area contributed by atoms with Crippen LogP contribution in [-0.4, -0.2) is 23.1 Å². The maximum Gasteiger partial charge on any atom is 0.339 e. The minimum atomic E-state index is -1.11. The van der Waals surface area contributed by atoms with E-state index < -0.39 is 11.9 Å². The number of esters is 1. The Balaban J connectivity index is 2.30. The lowest BCUT2D eigenvalue weighted by Gasteiger charge is -2.17. The summed E-state index contributed by atoms with van der Waals surface area (Å²) in [6.45, 7) is 4.23. The highest BCUT2D eigenvalue weighted by Crippen LogP contribution is 2.17. The molecule has 0 amide bonds. The first-order valence-corrected chi connectivity index (χ1v) is 10.1. The number of carboxylic acid groups (broad SMARTS) is 1. The maximum absolute atomic E-state index is 12.3. The van der Waals surface area contributed by atoms with Crippen molar-refractivity contribution in [2.45, 2.75) is 90.6 Å². The van der Waals surface area contributed by atoms with Crippen LogP contribution in [0, 0.1) is 0 Å². The molecule has 0 saturated carbocycles. The Morgan fingerprint density at radius 2 is 1.42 bits per heavy atom. The number of ether oxygens (including phenoxy) is 1. The van der Waals surface area contributed by atoms with Gasteiger partial charge in [0.15, 0.2) is 0 Å². The molecule has 1 N–H and O–H groups in total. The Hall–Kier alpha value is -1.84. The van der Waals surface area contributed by atoms with Crippen molar-refractivity contribution >= 4 is 11.9 Å². The lowest BCUT2D eigenvalue weighted by atomic mass is 10.0. The SMILES string of the molecule is CCCCCCCCCCC[C@@H](CC)OC(=O)c1ccccc1C(=O)O. The van der Waals surface area contributed by atoms with E-state index in [1.165, 1.54) is 57.1 Å². The number of carbonyl (C=O) groups is 2. The standard InChI is InChI=1S/C22H34O4/c1-3-5-6-7-8-9-10-11-12-15-18(4-2)26-22(25)20-17-14-13-16-19(20)21(23)24/h13-14,16-18H,3-12,15H2,1-2H3,(H,23,24)/t18-/m1/s1. The van der Waals surface area contributed by atoms with Crippen LogP contribution >= 0.6 is 0 Å². The molecule has 0 aromatic heterocycles. The molecule has 1 aromatic carbocycles. The summed E-state index contributed by atoms with van der Waals surface area (Å²) < 4.78 is 5.55. The normalized spacial score (nSPS) is 11.9. The van der Waals surface area contributed by atoms with Gasteiger partial charge in [0.1, 0.15) is 6.10 Å². The van der Waals surface area contributed by atoms with E-state index in [0.29, 0.717) is 0 Å². The third-order valence-electron chi connectivity index (χ3n) is 4.74. The van der Waals surface area contributed by atoms with Crippen LogP contribution in [0.2, 0.25) is 0 Å². The van der Waals surface area contributed by atoms with Gasteiger partial charge in [0.05, 0.1) is 11.1 Å². The van der Waals surface area contributed by atoms with E-state index in [4.69, 9.17) is 4.74 Å². The predicted octanol–water partition coefficient (Wildman–Crippen LogP) is 6.24. The summed E-state index contributed by atoms with van der Waals surface area (Å²) in [5, 5.41) is 9.19. The van der Waals surface area contributed by atoms with Crippen LogP contribution in [0.1, 0.15) is 105 Å². The van der Waals surface area contributed by atoms with Gasteiger partial charge in [-0.3, -0.25) is 0 Å². The molecule has 1 rings (SSSR count). The fraction of sp³-hybridized carbons (Fsp3) is 0.636. The number of hydrogen-bond donors (Lipinski definition) is 1. The molecule has 1 atom stereocenters. The largest absolute Gasteiger partial charge is 0.478 e. The molecule has 0 heterocycles. The van der Waals surface area contributed by atoms with Crippen LogP contribution in [0.25, 0.3) is 0 Å². The Morgan fingerprint density at radius 1 is 0.885 bits per heavy atom. The van der Waals surface area contributed by atoms with E-state index in [0.717, 1.165) is 25.7 Å². The lowest BCUT2D eigenvalue weighted by molar-refractivity contribution is 0.0262. The Bertz CT molecular complexity index is 539. The van der Waals surface area contributed by atoms with E-state index in [9.17, 15) is 14.7 Å². The number of rotatable bonds is 14. The molecule has 0 bridgehead atoms. The molecule has 0 unspecified atom stereocenters. The van der Waals surface area contributed by atoms with Gasteiger partial charge in [0.25, 0.3) is 0 Å². The summed E-state index contributed by atoms with van der Waals surface area (Å²) in [5.74, 6) is -1.64. The highest BCUT2D eigenvalue weighted by Gasteiger charge is 2.20. The van der Waals surface area contributed by atoms with Crippen LogP contribution in [0.15, 0.2) is 24.3 Å². The molecule has 4 nitrogen and oxygen atoms in total. The molecular weight excluding hydrogens is 328 g/mol. The molecule has 0 saturated heterocycles. The summed E-state index contributed by atoms with van der Waals surface area (Å²) in [6.07, 6.45) is 12.8. The van der Waals surface area contributed by atoms with E-state index >= 15 is 0 Å². The number of hydrogen-bond acceptors (Lipinski definition) is 3. The van der Waals surface area contributed by atoms with Gasteiger partial charge in [-0.05, 0) is 31.4 Å². The van der Waals surface area contributed by atoms with Crippen LogP contribution in [0.3, 0.4) is 0 Å². The molecule has 146 valence electrons. The number of benzene rings is 1. The summed E-state index contributed by atoms with van der Waals surface area (Å²) in [7, 11) is 0. The van der Waals surface area contributed by atoms with Crippen molar-refractivity contribution in [3.8, 4) is 0 Å². The fourth-order valence-corrected chi connectivity index (χ4v) is 3.09. The molecule has 0 aliphatic rings. The number of carboxylic acids is 1. The highest BCUT2D eigenvalue weighted by atomic mass is 16.5. The van der Waals surface area contributed by atoms with Crippen LogP contribution in [-0.2, 0) is 4.74 Å². The minimum absolute atomic E-state index is 0.00424. The van der Waals surface area contributed by atoms with Gasteiger partial charge >= 0.3 is 11.9 Å². The van der Waals surface area contributed by atoms with Gasteiger partial charge in [-0.2, -0.15) is 0 Å². The zero-order valence-electron chi connectivity index (χ0n) is 16.3. The molecule has 26 heavy (non-hydrogen) atoms.